The van der Waals surface area contributed by atoms with E-state index < -0.39 is 0 Å². The van der Waals surface area contributed by atoms with Crippen LogP contribution in [0.5, 0.6) is 0 Å². The van der Waals surface area contributed by atoms with Crippen molar-refractivity contribution >= 4 is 16.8 Å². The summed E-state index contributed by atoms with van der Waals surface area (Å²) in [6, 6.07) is 6.40. The van der Waals surface area contributed by atoms with Crippen LogP contribution < -0.4 is 5.32 Å². The third-order valence-electron chi connectivity index (χ3n) is 3.33. The maximum Gasteiger partial charge on any atom is 0.220 e. The molecule has 0 saturated heterocycles. The highest BCUT2D eigenvalue weighted by atomic mass is 16.1. The second-order valence-electron chi connectivity index (χ2n) is 6.70. The van der Waals surface area contributed by atoms with E-state index in [1.165, 1.54) is 16.5 Å². The van der Waals surface area contributed by atoms with Crippen LogP contribution >= 0.6 is 0 Å². The Balaban J connectivity index is 1.93. The molecule has 2 N–H and O–H groups in total. The number of H-pyrrole nitrogens is 1. The molecular formula is C17H24N2O. The summed E-state index contributed by atoms with van der Waals surface area (Å²) in [7, 11) is 0. The van der Waals surface area contributed by atoms with Crippen molar-refractivity contribution in [1.82, 2.24) is 10.3 Å². The maximum atomic E-state index is 11.8. The molecule has 0 fully saturated rings. The highest BCUT2D eigenvalue weighted by molar-refractivity contribution is 5.84. The van der Waals surface area contributed by atoms with E-state index >= 15 is 0 Å². The molecule has 0 spiro atoms. The smallest absolute Gasteiger partial charge is 0.220 e. The van der Waals surface area contributed by atoms with Crippen molar-refractivity contribution in [1.29, 1.82) is 0 Å². The van der Waals surface area contributed by atoms with Gasteiger partial charge in [0.1, 0.15) is 0 Å². The van der Waals surface area contributed by atoms with Gasteiger partial charge in [-0.15, -0.1) is 0 Å². The lowest BCUT2D eigenvalue weighted by molar-refractivity contribution is -0.122. The lowest BCUT2D eigenvalue weighted by Crippen LogP contribution is -2.29. The zero-order valence-electron chi connectivity index (χ0n) is 12.8. The minimum Gasteiger partial charge on any atom is -0.361 e. The Kier molecular flexibility index (Phi) is 4.17. The molecule has 1 heterocycles. The van der Waals surface area contributed by atoms with Crippen LogP contribution in [0.4, 0.5) is 0 Å². The van der Waals surface area contributed by atoms with Gasteiger partial charge < -0.3 is 10.3 Å². The van der Waals surface area contributed by atoms with Gasteiger partial charge >= 0.3 is 0 Å². The number of aromatic amines is 1. The number of rotatable bonds is 4. The minimum atomic E-state index is 0.0436. The van der Waals surface area contributed by atoms with Crippen molar-refractivity contribution in [3.8, 4) is 0 Å². The van der Waals surface area contributed by atoms with Crippen LogP contribution in [0.3, 0.4) is 0 Å². The summed E-state index contributed by atoms with van der Waals surface area (Å²) < 4.78 is 0. The zero-order chi connectivity index (χ0) is 14.8. The third kappa shape index (κ3) is 3.86. The van der Waals surface area contributed by atoms with Gasteiger partial charge in [0.05, 0.1) is 0 Å². The van der Waals surface area contributed by atoms with Crippen molar-refractivity contribution in [2.45, 2.75) is 40.5 Å². The Morgan fingerprint density at radius 3 is 2.75 bits per heavy atom. The molecule has 2 rings (SSSR count). The summed E-state index contributed by atoms with van der Waals surface area (Å²) in [5.41, 5.74) is 3.73. The molecule has 108 valence electrons. The number of amides is 1. The quantitative estimate of drug-likeness (QED) is 0.878. The number of carbonyl (C=O) groups excluding carboxylic acids is 1. The first-order valence-corrected chi connectivity index (χ1v) is 7.18. The fourth-order valence-corrected chi connectivity index (χ4v) is 2.38. The lowest BCUT2D eigenvalue weighted by Gasteiger charge is -2.17. The molecule has 20 heavy (non-hydrogen) atoms. The van der Waals surface area contributed by atoms with E-state index in [-0.39, 0.29) is 11.3 Å². The average Bonchev–Trinajstić information content (AvgIpc) is 2.69. The number of carbonyl (C=O) groups is 1. The minimum absolute atomic E-state index is 0.0436. The average molecular weight is 272 g/mol. The van der Waals surface area contributed by atoms with Crippen molar-refractivity contribution in [3.63, 3.8) is 0 Å². The standard InChI is InChI=1S/C17H24N2O/c1-12-5-6-15-14(9-12)13(11-19-15)7-8-18-16(20)10-17(2,3)4/h5-6,9,11,19H,7-8,10H2,1-4H3,(H,18,20). The highest BCUT2D eigenvalue weighted by Crippen LogP contribution is 2.20. The zero-order valence-corrected chi connectivity index (χ0v) is 12.8. The van der Waals surface area contributed by atoms with Gasteiger partial charge in [-0.25, -0.2) is 0 Å². The van der Waals surface area contributed by atoms with Crippen molar-refractivity contribution in [2.75, 3.05) is 6.54 Å². The van der Waals surface area contributed by atoms with E-state index in [0.717, 1.165) is 11.9 Å². The van der Waals surface area contributed by atoms with E-state index in [1.807, 2.05) is 6.20 Å². The Labute approximate surface area is 120 Å². The first-order valence-electron chi connectivity index (χ1n) is 7.18. The van der Waals surface area contributed by atoms with Gasteiger partial charge in [0.2, 0.25) is 5.91 Å². The van der Waals surface area contributed by atoms with Crippen LogP contribution in [0.25, 0.3) is 10.9 Å². The SMILES string of the molecule is Cc1ccc2[nH]cc(CCNC(=O)CC(C)(C)C)c2c1. The molecule has 0 saturated carbocycles. The van der Waals surface area contributed by atoms with Gasteiger partial charge in [-0.05, 0) is 36.5 Å². The van der Waals surface area contributed by atoms with Crippen LogP contribution in [0.15, 0.2) is 24.4 Å². The van der Waals surface area contributed by atoms with Gasteiger partial charge in [0.25, 0.3) is 0 Å². The first-order chi connectivity index (χ1) is 9.35. The fraction of sp³-hybridized carbons (Fsp3) is 0.471. The molecule has 0 aliphatic rings. The summed E-state index contributed by atoms with van der Waals surface area (Å²) in [6.07, 6.45) is 3.47. The number of hydrogen-bond donors (Lipinski definition) is 2. The Bertz CT molecular complexity index is 605. The van der Waals surface area contributed by atoms with Crippen molar-refractivity contribution in [3.05, 3.63) is 35.5 Å². The molecule has 0 unspecified atom stereocenters. The summed E-state index contributed by atoms with van der Waals surface area (Å²) >= 11 is 0. The molecule has 0 aliphatic carbocycles. The van der Waals surface area contributed by atoms with Crippen LogP contribution in [0, 0.1) is 12.3 Å². The van der Waals surface area contributed by atoms with Crippen molar-refractivity contribution < 1.29 is 4.79 Å². The number of aryl methyl sites for hydroxylation is 1. The molecule has 3 nitrogen and oxygen atoms in total. The molecular weight excluding hydrogens is 248 g/mol. The van der Waals surface area contributed by atoms with E-state index in [2.05, 4.69) is 56.2 Å². The monoisotopic (exact) mass is 272 g/mol. The normalized spacial score (nSPS) is 11.8. The molecule has 1 amide bonds. The van der Waals surface area contributed by atoms with Gasteiger partial charge in [0, 0.05) is 30.1 Å². The van der Waals surface area contributed by atoms with Crippen LogP contribution in [0.1, 0.15) is 38.3 Å². The molecule has 1 aromatic carbocycles. The van der Waals surface area contributed by atoms with Crippen LogP contribution in [-0.2, 0) is 11.2 Å². The number of hydrogen-bond acceptors (Lipinski definition) is 1. The summed E-state index contributed by atoms with van der Waals surface area (Å²) in [4.78, 5) is 15.1. The molecule has 1 aromatic heterocycles. The summed E-state index contributed by atoms with van der Waals surface area (Å²) in [6.45, 7) is 9.02. The van der Waals surface area contributed by atoms with E-state index in [9.17, 15) is 4.79 Å². The predicted molar refractivity (Wildman–Crippen MR) is 83.8 cm³/mol. The molecule has 0 radical (unpaired) electrons. The number of aromatic nitrogens is 1. The molecule has 0 aliphatic heterocycles. The summed E-state index contributed by atoms with van der Waals surface area (Å²) in [5.74, 6) is 0.133. The Morgan fingerprint density at radius 2 is 2.05 bits per heavy atom. The van der Waals surface area contributed by atoms with E-state index in [0.29, 0.717) is 13.0 Å². The first kappa shape index (κ1) is 14.6. The second kappa shape index (κ2) is 5.70. The van der Waals surface area contributed by atoms with E-state index in [1.54, 1.807) is 0 Å². The largest absolute Gasteiger partial charge is 0.361 e. The topological polar surface area (TPSA) is 44.9 Å². The van der Waals surface area contributed by atoms with Crippen LogP contribution in [-0.4, -0.2) is 17.4 Å². The Morgan fingerprint density at radius 1 is 1.30 bits per heavy atom. The second-order valence-corrected chi connectivity index (χ2v) is 6.70. The van der Waals surface area contributed by atoms with Gasteiger partial charge in [-0.2, -0.15) is 0 Å². The number of nitrogens with one attached hydrogen (secondary N) is 2. The third-order valence-corrected chi connectivity index (χ3v) is 3.33. The van der Waals surface area contributed by atoms with Gasteiger partial charge in [0.15, 0.2) is 0 Å². The summed E-state index contributed by atoms with van der Waals surface area (Å²) in [5, 5.41) is 4.26. The number of benzene rings is 1. The molecule has 3 heteroatoms. The Hall–Kier alpha value is -1.77. The van der Waals surface area contributed by atoms with Crippen LogP contribution in [0.2, 0.25) is 0 Å². The van der Waals surface area contributed by atoms with Gasteiger partial charge in [-0.1, -0.05) is 32.4 Å². The number of fused-ring (bicyclic) bond motifs is 1. The molecule has 0 atom stereocenters. The fourth-order valence-electron chi connectivity index (χ4n) is 2.38. The van der Waals surface area contributed by atoms with Gasteiger partial charge in [-0.3, -0.25) is 4.79 Å². The highest BCUT2D eigenvalue weighted by Gasteiger charge is 2.15. The lowest BCUT2D eigenvalue weighted by atomic mass is 9.92. The molecule has 2 aromatic rings. The molecule has 0 bridgehead atoms. The van der Waals surface area contributed by atoms with Crippen molar-refractivity contribution in [2.24, 2.45) is 5.41 Å². The van der Waals surface area contributed by atoms with E-state index in [4.69, 9.17) is 0 Å². The predicted octanol–water partition coefficient (Wildman–Crippen LogP) is 3.57. The maximum absolute atomic E-state index is 11.8.